The molecule has 1 saturated heterocycles. The van der Waals surface area contributed by atoms with Gasteiger partial charge in [-0.15, -0.1) is 0 Å². The van der Waals surface area contributed by atoms with Gasteiger partial charge in [-0.25, -0.2) is 0 Å². The molecule has 0 atom stereocenters. The predicted molar refractivity (Wildman–Crippen MR) is 83.0 cm³/mol. The summed E-state index contributed by atoms with van der Waals surface area (Å²) in [4.78, 5) is 0. The van der Waals surface area contributed by atoms with E-state index in [0.717, 1.165) is 13.0 Å². The molecule has 0 unspecified atom stereocenters. The van der Waals surface area contributed by atoms with Gasteiger partial charge >= 0.3 is 0 Å². The van der Waals surface area contributed by atoms with E-state index in [1.807, 2.05) is 0 Å². The molecule has 0 aromatic heterocycles. The summed E-state index contributed by atoms with van der Waals surface area (Å²) in [7, 11) is 0. The molecule has 2 heteroatoms. The second-order valence-corrected chi connectivity index (χ2v) is 5.97. The van der Waals surface area contributed by atoms with E-state index in [-0.39, 0.29) is 0 Å². The van der Waals surface area contributed by atoms with E-state index >= 15 is 0 Å². The predicted octanol–water partition coefficient (Wildman–Crippen LogP) is 2.80. The molecular formula is C17H28N2. The molecule has 19 heavy (non-hydrogen) atoms. The molecule has 0 saturated carbocycles. The average molecular weight is 260 g/mol. The second kappa shape index (κ2) is 6.53. The molecule has 2 rings (SSSR count). The third-order valence-electron chi connectivity index (χ3n) is 4.67. The first kappa shape index (κ1) is 14.5. The van der Waals surface area contributed by atoms with Gasteiger partial charge in [-0.05, 0) is 94.4 Å². The number of hydrogen-bond donors (Lipinski definition) is 2. The van der Waals surface area contributed by atoms with E-state index in [1.54, 1.807) is 5.56 Å². The number of benzene rings is 1. The Morgan fingerprint density at radius 2 is 1.63 bits per heavy atom. The van der Waals surface area contributed by atoms with Gasteiger partial charge in [0, 0.05) is 6.04 Å². The van der Waals surface area contributed by atoms with Gasteiger partial charge in [-0.3, -0.25) is 0 Å². The van der Waals surface area contributed by atoms with Gasteiger partial charge < -0.3 is 10.6 Å². The maximum absolute atomic E-state index is 3.72. The highest BCUT2D eigenvalue weighted by Crippen LogP contribution is 2.21. The van der Waals surface area contributed by atoms with Gasteiger partial charge in [0.1, 0.15) is 0 Å². The lowest BCUT2D eigenvalue weighted by atomic mass is 9.92. The first-order chi connectivity index (χ1) is 9.09. The van der Waals surface area contributed by atoms with Gasteiger partial charge in [0.2, 0.25) is 0 Å². The Bertz CT molecular complexity index is 405. The maximum Gasteiger partial charge on any atom is 0.00913 e. The summed E-state index contributed by atoms with van der Waals surface area (Å²) in [5.41, 5.74) is 7.38. The number of piperidine rings is 1. The van der Waals surface area contributed by atoms with E-state index in [0.29, 0.717) is 6.04 Å². The zero-order chi connectivity index (χ0) is 13.8. The van der Waals surface area contributed by atoms with E-state index in [1.165, 1.54) is 48.2 Å². The SMILES string of the molecule is Cc1cc(C)c(C)c(CCNC2CCNCC2)c1C. The molecule has 0 amide bonds. The molecule has 1 fully saturated rings. The third kappa shape index (κ3) is 3.58. The lowest BCUT2D eigenvalue weighted by Gasteiger charge is -2.24. The van der Waals surface area contributed by atoms with Crippen LogP contribution in [0.5, 0.6) is 0 Å². The summed E-state index contributed by atoms with van der Waals surface area (Å²) in [5, 5.41) is 7.14. The van der Waals surface area contributed by atoms with Gasteiger partial charge in [0.15, 0.2) is 0 Å². The zero-order valence-corrected chi connectivity index (χ0v) is 12.9. The van der Waals surface area contributed by atoms with Crippen molar-refractivity contribution in [1.29, 1.82) is 0 Å². The van der Waals surface area contributed by atoms with Crippen LogP contribution in [-0.4, -0.2) is 25.7 Å². The molecule has 1 aliphatic rings. The van der Waals surface area contributed by atoms with Crippen molar-refractivity contribution in [3.05, 3.63) is 33.9 Å². The monoisotopic (exact) mass is 260 g/mol. The fourth-order valence-electron chi connectivity index (χ4n) is 3.10. The quantitative estimate of drug-likeness (QED) is 0.870. The van der Waals surface area contributed by atoms with Crippen LogP contribution in [0.15, 0.2) is 6.07 Å². The molecule has 2 nitrogen and oxygen atoms in total. The van der Waals surface area contributed by atoms with Crippen molar-refractivity contribution < 1.29 is 0 Å². The average Bonchev–Trinajstić information content (AvgIpc) is 2.42. The van der Waals surface area contributed by atoms with Crippen LogP contribution >= 0.6 is 0 Å². The lowest BCUT2D eigenvalue weighted by molar-refractivity contribution is 0.389. The number of rotatable bonds is 4. The minimum atomic E-state index is 0.716. The minimum Gasteiger partial charge on any atom is -0.317 e. The van der Waals surface area contributed by atoms with E-state index < -0.39 is 0 Å². The van der Waals surface area contributed by atoms with E-state index in [2.05, 4.69) is 44.4 Å². The number of aryl methyl sites for hydroxylation is 2. The Kier molecular flexibility index (Phi) is 5.00. The molecule has 0 aliphatic carbocycles. The lowest BCUT2D eigenvalue weighted by Crippen LogP contribution is -2.40. The summed E-state index contributed by atoms with van der Waals surface area (Å²) < 4.78 is 0. The van der Waals surface area contributed by atoms with Crippen LogP contribution in [0.25, 0.3) is 0 Å². The Morgan fingerprint density at radius 3 is 2.21 bits per heavy atom. The van der Waals surface area contributed by atoms with Crippen LogP contribution in [0.1, 0.15) is 40.7 Å². The Morgan fingerprint density at radius 1 is 1.05 bits per heavy atom. The number of hydrogen-bond acceptors (Lipinski definition) is 2. The van der Waals surface area contributed by atoms with Gasteiger partial charge in [-0.2, -0.15) is 0 Å². The molecule has 1 aromatic carbocycles. The smallest absolute Gasteiger partial charge is 0.00913 e. The van der Waals surface area contributed by atoms with Crippen molar-refractivity contribution >= 4 is 0 Å². The van der Waals surface area contributed by atoms with Crippen molar-refractivity contribution in [3.63, 3.8) is 0 Å². The van der Waals surface area contributed by atoms with Crippen molar-refractivity contribution in [1.82, 2.24) is 10.6 Å². The third-order valence-corrected chi connectivity index (χ3v) is 4.67. The van der Waals surface area contributed by atoms with Gasteiger partial charge in [0.25, 0.3) is 0 Å². The van der Waals surface area contributed by atoms with Crippen LogP contribution < -0.4 is 10.6 Å². The zero-order valence-electron chi connectivity index (χ0n) is 12.9. The largest absolute Gasteiger partial charge is 0.317 e. The van der Waals surface area contributed by atoms with E-state index in [9.17, 15) is 0 Å². The highest BCUT2D eigenvalue weighted by molar-refractivity contribution is 5.44. The van der Waals surface area contributed by atoms with Crippen molar-refractivity contribution in [2.45, 2.75) is 53.0 Å². The van der Waals surface area contributed by atoms with Crippen LogP contribution in [0.2, 0.25) is 0 Å². The summed E-state index contributed by atoms with van der Waals surface area (Å²) in [6, 6.07) is 3.03. The Balaban J connectivity index is 1.95. The van der Waals surface area contributed by atoms with Crippen LogP contribution in [0.4, 0.5) is 0 Å². The topological polar surface area (TPSA) is 24.1 Å². The first-order valence-corrected chi connectivity index (χ1v) is 7.60. The van der Waals surface area contributed by atoms with Crippen molar-refractivity contribution in [3.8, 4) is 0 Å². The summed E-state index contributed by atoms with van der Waals surface area (Å²) >= 11 is 0. The maximum atomic E-state index is 3.72. The van der Waals surface area contributed by atoms with E-state index in [4.69, 9.17) is 0 Å². The highest BCUT2D eigenvalue weighted by atomic mass is 15.0. The van der Waals surface area contributed by atoms with Gasteiger partial charge in [-0.1, -0.05) is 6.07 Å². The standard InChI is InChI=1S/C17H28N2/c1-12-11-13(2)15(4)17(14(12)3)7-10-19-16-5-8-18-9-6-16/h11,16,18-19H,5-10H2,1-4H3. The molecule has 0 bridgehead atoms. The Labute approximate surface area is 118 Å². The molecule has 2 N–H and O–H groups in total. The molecule has 106 valence electrons. The molecule has 1 heterocycles. The van der Waals surface area contributed by atoms with Crippen LogP contribution in [-0.2, 0) is 6.42 Å². The van der Waals surface area contributed by atoms with Gasteiger partial charge in [0.05, 0.1) is 0 Å². The van der Waals surface area contributed by atoms with Crippen LogP contribution in [0, 0.1) is 27.7 Å². The summed E-state index contributed by atoms with van der Waals surface area (Å²) in [6.07, 6.45) is 3.69. The van der Waals surface area contributed by atoms with Crippen molar-refractivity contribution in [2.75, 3.05) is 19.6 Å². The number of nitrogens with one attached hydrogen (secondary N) is 2. The fourth-order valence-corrected chi connectivity index (χ4v) is 3.10. The second-order valence-electron chi connectivity index (χ2n) is 5.97. The molecule has 0 spiro atoms. The molecule has 1 aromatic rings. The Hall–Kier alpha value is -0.860. The molecule has 0 radical (unpaired) electrons. The molecular weight excluding hydrogens is 232 g/mol. The first-order valence-electron chi connectivity index (χ1n) is 7.60. The van der Waals surface area contributed by atoms with Crippen molar-refractivity contribution in [2.24, 2.45) is 0 Å². The fraction of sp³-hybridized carbons (Fsp3) is 0.647. The summed E-state index contributed by atoms with van der Waals surface area (Å²) in [5.74, 6) is 0. The molecule has 1 aliphatic heterocycles. The minimum absolute atomic E-state index is 0.716. The normalized spacial score (nSPS) is 16.8. The summed E-state index contributed by atoms with van der Waals surface area (Å²) in [6.45, 7) is 12.4. The highest BCUT2D eigenvalue weighted by Gasteiger charge is 2.13. The van der Waals surface area contributed by atoms with Crippen LogP contribution in [0.3, 0.4) is 0 Å².